The van der Waals surface area contributed by atoms with Crippen molar-refractivity contribution in [2.24, 2.45) is 14.1 Å². The molecule has 0 bridgehead atoms. The molecule has 0 aliphatic rings. The fourth-order valence-electron chi connectivity index (χ4n) is 1.53. The maximum Gasteiger partial charge on any atom is 0.330 e. The summed E-state index contributed by atoms with van der Waals surface area (Å²) < 4.78 is 2.34. The first-order valence-corrected chi connectivity index (χ1v) is 4.83. The zero-order valence-electron chi connectivity index (χ0n) is 9.48. The molecule has 0 aliphatic carbocycles. The summed E-state index contributed by atoms with van der Waals surface area (Å²) in [6.45, 7) is 1.64. The highest BCUT2D eigenvalue weighted by molar-refractivity contribution is 5.67. The highest BCUT2D eigenvalue weighted by Gasteiger charge is 2.12. The van der Waals surface area contributed by atoms with Crippen molar-refractivity contribution in [2.45, 2.75) is 19.8 Å². The topological polar surface area (TPSA) is 81.3 Å². The number of carbonyl (C=O) groups is 1. The number of rotatable bonds is 3. The minimum absolute atomic E-state index is 0.117. The number of aliphatic carboxylic acids is 1. The van der Waals surface area contributed by atoms with Gasteiger partial charge in [-0.15, -0.1) is 0 Å². The lowest BCUT2D eigenvalue weighted by molar-refractivity contribution is -0.136. The second-order valence-corrected chi connectivity index (χ2v) is 3.66. The lowest BCUT2D eigenvalue weighted by Gasteiger charge is -2.10. The summed E-state index contributed by atoms with van der Waals surface area (Å²) in [5, 5.41) is 8.57. The van der Waals surface area contributed by atoms with Gasteiger partial charge in [-0.3, -0.25) is 14.2 Å². The van der Waals surface area contributed by atoms with Crippen LogP contribution in [0.25, 0.3) is 0 Å². The first kappa shape index (κ1) is 12.2. The van der Waals surface area contributed by atoms with E-state index in [0.29, 0.717) is 11.3 Å². The summed E-state index contributed by atoms with van der Waals surface area (Å²) in [5.74, 6) is -0.963. The van der Waals surface area contributed by atoms with Gasteiger partial charge in [0.2, 0.25) is 0 Å². The summed E-state index contributed by atoms with van der Waals surface area (Å²) in [5.41, 5.74) is 0.0878. The normalized spacial score (nSPS) is 10.4. The van der Waals surface area contributed by atoms with Crippen molar-refractivity contribution in [1.82, 2.24) is 9.13 Å². The lowest BCUT2D eigenvalue weighted by Crippen LogP contribution is -2.40. The Morgan fingerprint density at radius 1 is 1.38 bits per heavy atom. The van der Waals surface area contributed by atoms with Crippen LogP contribution in [0.4, 0.5) is 0 Å². The molecule has 1 N–H and O–H groups in total. The Balaban J connectivity index is 3.35. The molecule has 0 radical (unpaired) electrons. The molecule has 88 valence electrons. The first-order chi connectivity index (χ1) is 7.36. The zero-order valence-corrected chi connectivity index (χ0v) is 9.48. The highest BCUT2D eigenvalue weighted by atomic mass is 17.1. The van der Waals surface area contributed by atoms with Crippen LogP contribution < -0.4 is 11.2 Å². The minimum atomic E-state index is -0.963. The second-order valence-electron chi connectivity index (χ2n) is 3.66. The zero-order chi connectivity index (χ0) is 12.5. The Labute approximate surface area is 91.8 Å². The fourth-order valence-corrected chi connectivity index (χ4v) is 1.53. The third kappa shape index (κ3) is 2.05. The molecule has 0 atom stereocenters. The summed E-state index contributed by atoms with van der Waals surface area (Å²) in [6.07, 6.45) is 0.0241. The SMILES string of the molecule is Cc1c(CCC(=O)O)c(=[17O])n(C)c(=O)n1C. The van der Waals surface area contributed by atoms with Crippen LogP contribution in [0.2, 0.25) is 0 Å². The van der Waals surface area contributed by atoms with E-state index in [2.05, 4.69) is 0 Å². The molecule has 0 aliphatic heterocycles. The molecule has 0 aromatic carbocycles. The third-order valence-electron chi connectivity index (χ3n) is 2.67. The van der Waals surface area contributed by atoms with Crippen LogP contribution >= 0.6 is 0 Å². The Kier molecular flexibility index (Phi) is 3.31. The molecular weight excluding hydrogens is 213 g/mol. The van der Waals surface area contributed by atoms with E-state index in [1.165, 1.54) is 11.6 Å². The molecule has 0 unspecified atom stereocenters. The molecule has 1 aromatic rings. The van der Waals surface area contributed by atoms with E-state index in [1.54, 1.807) is 14.0 Å². The maximum absolute atomic E-state index is 11.7. The quantitative estimate of drug-likeness (QED) is 0.748. The van der Waals surface area contributed by atoms with Gasteiger partial charge in [0.05, 0.1) is 0 Å². The standard InChI is InChI=1S/C10H14N2O4/c1-6-7(4-5-8(13)14)9(15)12(3)10(16)11(6)2/h4-5H2,1-3H3,(H,13,14)/i15+1. The van der Waals surface area contributed by atoms with Crippen LogP contribution in [0, 0.1) is 6.92 Å². The van der Waals surface area contributed by atoms with Gasteiger partial charge in [-0.25, -0.2) is 4.79 Å². The van der Waals surface area contributed by atoms with Gasteiger partial charge in [0.25, 0.3) is 5.56 Å². The van der Waals surface area contributed by atoms with E-state index in [0.717, 1.165) is 4.57 Å². The molecule has 0 amide bonds. The second kappa shape index (κ2) is 4.34. The first-order valence-electron chi connectivity index (χ1n) is 4.83. The van der Waals surface area contributed by atoms with Crippen LogP contribution in [0.1, 0.15) is 17.7 Å². The molecule has 1 heterocycles. The van der Waals surface area contributed by atoms with Crippen LogP contribution in [0.5, 0.6) is 0 Å². The Morgan fingerprint density at radius 2 is 1.94 bits per heavy atom. The number of aromatic nitrogens is 2. The predicted octanol–water partition coefficient (Wildman–Crippen LogP) is -0.590. The molecule has 6 nitrogen and oxygen atoms in total. The molecule has 0 fully saturated rings. The van der Waals surface area contributed by atoms with E-state index >= 15 is 0 Å². The van der Waals surface area contributed by atoms with Crippen molar-refractivity contribution in [3.63, 3.8) is 0 Å². The van der Waals surface area contributed by atoms with Gasteiger partial charge in [-0.05, 0) is 13.3 Å². The van der Waals surface area contributed by atoms with E-state index in [1.807, 2.05) is 0 Å². The van der Waals surface area contributed by atoms with Crippen LogP contribution in [-0.4, -0.2) is 20.2 Å². The molecule has 1 aromatic heterocycles. The smallest absolute Gasteiger partial charge is 0.330 e. The monoisotopic (exact) mass is 227 g/mol. The van der Waals surface area contributed by atoms with Gasteiger partial charge < -0.3 is 9.67 Å². The number of hydrogen-bond acceptors (Lipinski definition) is 3. The summed E-state index contributed by atoms with van der Waals surface area (Å²) in [4.78, 5) is 33.7. The van der Waals surface area contributed by atoms with Crippen molar-refractivity contribution in [2.75, 3.05) is 0 Å². The molecular formula is C10H14N2O4. The van der Waals surface area contributed by atoms with Gasteiger partial charge >= 0.3 is 11.7 Å². The number of carboxylic acids is 1. The Morgan fingerprint density at radius 3 is 2.44 bits per heavy atom. The van der Waals surface area contributed by atoms with E-state index < -0.39 is 17.2 Å². The van der Waals surface area contributed by atoms with Gasteiger partial charge in [0.15, 0.2) is 0 Å². The van der Waals surface area contributed by atoms with Crippen molar-refractivity contribution in [1.29, 1.82) is 0 Å². The summed E-state index contributed by atoms with van der Waals surface area (Å²) in [6, 6.07) is 0. The average Bonchev–Trinajstić information content (AvgIpc) is 2.23. The number of nitrogens with zero attached hydrogens (tertiary/aromatic N) is 2. The van der Waals surface area contributed by atoms with E-state index in [4.69, 9.17) is 5.11 Å². The third-order valence-corrected chi connectivity index (χ3v) is 2.67. The average molecular weight is 227 g/mol. The molecule has 1 rings (SSSR count). The highest BCUT2D eigenvalue weighted by Crippen LogP contribution is 2.02. The van der Waals surface area contributed by atoms with Gasteiger partial charge in [0, 0.05) is 31.8 Å². The van der Waals surface area contributed by atoms with E-state index in [-0.39, 0.29) is 12.8 Å². The lowest BCUT2D eigenvalue weighted by atomic mass is 10.1. The van der Waals surface area contributed by atoms with Gasteiger partial charge in [-0.1, -0.05) is 0 Å². The molecule has 0 spiro atoms. The van der Waals surface area contributed by atoms with Gasteiger partial charge in [0.1, 0.15) is 0 Å². The van der Waals surface area contributed by atoms with Crippen molar-refractivity contribution in [3.8, 4) is 0 Å². The van der Waals surface area contributed by atoms with Crippen molar-refractivity contribution in [3.05, 3.63) is 32.1 Å². The summed E-state index contributed by atoms with van der Waals surface area (Å²) >= 11 is 0. The fraction of sp³-hybridized carbons (Fsp3) is 0.500. The largest absolute Gasteiger partial charge is 0.481 e. The van der Waals surface area contributed by atoms with E-state index in [9.17, 15) is 14.4 Å². The Bertz CT molecular complexity index is 539. The summed E-state index contributed by atoms with van der Waals surface area (Å²) in [7, 11) is 2.94. The Hall–Kier alpha value is -1.85. The number of carboxylic acid groups (broad SMARTS) is 1. The molecule has 16 heavy (non-hydrogen) atoms. The molecule has 0 saturated heterocycles. The molecule has 6 heteroatoms. The maximum atomic E-state index is 11.7. The van der Waals surface area contributed by atoms with Crippen LogP contribution in [0.3, 0.4) is 0 Å². The molecule has 0 saturated carbocycles. The van der Waals surface area contributed by atoms with Crippen LogP contribution in [-0.2, 0) is 25.3 Å². The predicted molar refractivity (Wildman–Crippen MR) is 57.6 cm³/mol. The van der Waals surface area contributed by atoms with Crippen LogP contribution in [0.15, 0.2) is 9.59 Å². The van der Waals surface area contributed by atoms with Gasteiger partial charge in [-0.2, -0.15) is 0 Å². The number of hydrogen-bond donors (Lipinski definition) is 1. The van der Waals surface area contributed by atoms with Crippen molar-refractivity contribution >= 4 is 5.97 Å². The van der Waals surface area contributed by atoms with Crippen molar-refractivity contribution < 1.29 is 9.90 Å². The minimum Gasteiger partial charge on any atom is -0.481 e.